The number of nitrogens with one attached hydrogen (secondary N) is 1. The Kier molecular flexibility index (Phi) is 8.45. The van der Waals surface area contributed by atoms with Crippen LogP contribution in [0.4, 0.5) is 24.5 Å². The Morgan fingerprint density at radius 3 is 2.38 bits per heavy atom. The van der Waals surface area contributed by atoms with Crippen LogP contribution in [0, 0.1) is 0 Å². The average Bonchev–Trinajstić information content (AvgIpc) is 2.79. The minimum absolute atomic E-state index is 0.0711. The number of anilines is 2. The quantitative estimate of drug-likeness (QED) is 0.564. The third-order valence-electron chi connectivity index (χ3n) is 5.20. The minimum Gasteiger partial charge on any atom is -0.378 e. The second kappa shape index (κ2) is 10.9. The number of benzene rings is 2. The Morgan fingerprint density at radius 2 is 1.79 bits per heavy atom. The number of morpholine rings is 1. The summed E-state index contributed by atoms with van der Waals surface area (Å²) in [5, 5.41) is 2.28. The third-order valence-corrected chi connectivity index (χ3v) is 7.52. The predicted octanol–water partition coefficient (Wildman–Crippen LogP) is 4.23. The highest BCUT2D eigenvalue weighted by molar-refractivity contribution is 7.89. The normalized spacial score (nSPS) is 14.9. The average molecular weight is 520 g/mol. The fourth-order valence-corrected chi connectivity index (χ4v) is 5.48. The number of hydrogen-bond donors (Lipinski definition) is 1. The first-order chi connectivity index (χ1) is 16.0. The van der Waals surface area contributed by atoms with Crippen molar-refractivity contribution in [3.8, 4) is 0 Å². The van der Waals surface area contributed by atoms with E-state index in [1.54, 1.807) is 19.1 Å². The van der Waals surface area contributed by atoms with Crippen LogP contribution in [0.3, 0.4) is 0 Å². The standard InChI is InChI=1S/C22H25ClF3N3O4S/c1-2-9-29(34(31,32)20-14-16(22(24,25)26)3-8-19(20)23)15-21(30)27-17-4-6-18(7-5-17)28-10-12-33-13-11-28/h3-8,14H,2,9-13,15H2,1H3,(H,27,30). The molecule has 1 heterocycles. The number of hydrogen-bond acceptors (Lipinski definition) is 5. The van der Waals surface area contributed by atoms with Gasteiger partial charge in [-0.2, -0.15) is 17.5 Å². The van der Waals surface area contributed by atoms with Crippen molar-refractivity contribution in [3.05, 3.63) is 53.1 Å². The topological polar surface area (TPSA) is 79.0 Å². The Morgan fingerprint density at radius 1 is 1.15 bits per heavy atom. The number of carbonyl (C=O) groups excluding carboxylic acids is 1. The first kappa shape index (κ1) is 26.3. The SMILES string of the molecule is CCCN(CC(=O)Nc1ccc(N2CCOCC2)cc1)S(=O)(=O)c1cc(C(F)(F)F)ccc1Cl. The summed E-state index contributed by atoms with van der Waals surface area (Å²) < 4.78 is 71.7. The first-order valence-electron chi connectivity index (χ1n) is 10.6. The molecule has 1 fully saturated rings. The van der Waals surface area contributed by atoms with Crippen LogP contribution >= 0.6 is 11.6 Å². The van der Waals surface area contributed by atoms with Crippen molar-refractivity contribution in [1.29, 1.82) is 0 Å². The number of rotatable bonds is 8. The highest BCUT2D eigenvalue weighted by atomic mass is 35.5. The van der Waals surface area contributed by atoms with Crippen LogP contribution in [0.2, 0.25) is 5.02 Å². The summed E-state index contributed by atoms with van der Waals surface area (Å²) in [6.45, 7) is 3.83. The molecule has 1 saturated heterocycles. The van der Waals surface area contributed by atoms with E-state index in [1.807, 2.05) is 12.1 Å². The van der Waals surface area contributed by atoms with Crippen molar-refractivity contribution >= 4 is 38.9 Å². The molecule has 0 aliphatic carbocycles. The van der Waals surface area contributed by atoms with Crippen LogP contribution < -0.4 is 10.2 Å². The smallest absolute Gasteiger partial charge is 0.378 e. The van der Waals surface area contributed by atoms with Crippen molar-refractivity contribution in [2.45, 2.75) is 24.4 Å². The third kappa shape index (κ3) is 6.41. The van der Waals surface area contributed by atoms with Gasteiger partial charge in [-0.25, -0.2) is 8.42 Å². The Hall–Kier alpha value is -2.34. The lowest BCUT2D eigenvalue weighted by molar-refractivity contribution is -0.137. The first-order valence-corrected chi connectivity index (χ1v) is 12.4. The molecule has 1 aliphatic rings. The van der Waals surface area contributed by atoms with Crippen LogP contribution in [-0.2, 0) is 25.7 Å². The summed E-state index contributed by atoms with van der Waals surface area (Å²) >= 11 is 5.93. The van der Waals surface area contributed by atoms with Gasteiger partial charge in [0.25, 0.3) is 0 Å². The summed E-state index contributed by atoms with van der Waals surface area (Å²) in [4.78, 5) is 14.1. The molecule has 1 aliphatic heterocycles. The molecule has 0 aromatic heterocycles. The summed E-state index contributed by atoms with van der Waals surface area (Å²) in [7, 11) is -4.46. The van der Waals surface area contributed by atoms with Crippen molar-refractivity contribution < 1.29 is 31.1 Å². The number of alkyl halides is 3. The Labute approximate surface area is 201 Å². The predicted molar refractivity (Wildman–Crippen MR) is 124 cm³/mol. The molecule has 0 unspecified atom stereocenters. The lowest BCUT2D eigenvalue weighted by Gasteiger charge is -2.29. The van der Waals surface area contributed by atoms with Crippen LogP contribution in [0.15, 0.2) is 47.4 Å². The van der Waals surface area contributed by atoms with Crippen molar-refractivity contribution in [3.63, 3.8) is 0 Å². The van der Waals surface area contributed by atoms with E-state index in [4.69, 9.17) is 16.3 Å². The van der Waals surface area contributed by atoms with E-state index in [1.165, 1.54) is 0 Å². The number of carbonyl (C=O) groups is 1. The zero-order valence-electron chi connectivity index (χ0n) is 18.4. The molecule has 0 radical (unpaired) electrons. The summed E-state index contributed by atoms with van der Waals surface area (Å²) in [6, 6.07) is 9.16. The summed E-state index contributed by atoms with van der Waals surface area (Å²) in [6.07, 6.45) is -4.40. The number of halogens is 4. The summed E-state index contributed by atoms with van der Waals surface area (Å²) in [5.41, 5.74) is 0.292. The van der Waals surface area contributed by atoms with Gasteiger partial charge in [-0.05, 0) is 48.9 Å². The maximum atomic E-state index is 13.1. The van der Waals surface area contributed by atoms with Crippen LogP contribution in [0.1, 0.15) is 18.9 Å². The number of nitrogens with zero attached hydrogens (tertiary/aromatic N) is 2. The second-order valence-electron chi connectivity index (χ2n) is 7.68. The molecule has 0 saturated carbocycles. The fraction of sp³-hybridized carbons (Fsp3) is 0.409. The van der Waals surface area contributed by atoms with E-state index in [9.17, 15) is 26.4 Å². The molecule has 3 rings (SSSR count). The molecule has 186 valence electrons. The molecule has 1 N–H and O–H groups in total. The van der Waals surface area contributed by atoms with E-state index in [2.05, 4.69) is 10.2 Å². The molecule has 1 amide bonds. The number of sulfonamides is 1. The van der Waals surface area contributed by atoms with Gasteiger partial charge in [0.05, 0.1) is 30.3 Å². The van der Waals surface area contributed by atoms with E-state index in [-0.39, 0.29) is 11.6 Å². The van der Waals surface area contributed by atoms with Gasteiger partial charge in [0, 0.05) is 31.0 Å². The van der Waals surface area contributed by atoms with E-state index in [0.717, 1.165) is 29.1 Å². The minimum atomic E-state index is -4.74. The van der Waals surface area contributed by atoms with Crippen LogP contribution in [-0.4, -0.2) is 58.0 Å². The Balaban J connectivity index is 1.74. The zero-order chi connectivity index (χ0) is 24.9. The lowest BCUT2D eigenvalue weighted by Crippen LogP contribution is -2.38. The van der Waals surface area contributed by atoms with Crippen LogP contribution in [0.5, 0.6) is 0 Å². The largest absolute Gasteiger partial charge is 0.416 e. The van der Waals surface area contributed by atoms with Gasteiger partial charge in [0.15, 0.2) is 0 Å². The number of ether oxygens (including phenoxy) is 1. The Bertz CT molecular complexity index is 1110. The molecule has 0 bridgehead atoms. The van der Waals surface area contributed by atoms with Gasteiger partial charge in [0.2, 0.25) is 15.9 Å². The molecule has 0 spiro atoms. The van der Waals surface area contributed by atoms with E-state index < -0.39 is 39.1 Å². The highest BCUT2D eigenvalue weighted by Crippen LogP contribution is 2.34. The lowest BCUT2D eigenvalue weighted by atomic mass is 10.2. The zero-order valence-corrected chi connectivity index (χ0v) is 20.0. The maximum absolute atomic E-state index is 13.1. The fourth-order valence-electron chi connectivity index (χ4n) is 3.49. The maximum Gasteiger partial charge on any atom is 0.416 e. The van der Waals surface area contributed by atoms with Gasteiger partial charge >= 0.3 is 6.18 Å². The van der Waals surface area contributed by atoms with Crippen LogP contribution in [0.25, 0.3) is 0 Å². The van der Waals surface area contributed by atoms with Crippen molar-refractivity contribution in [1.82, 2.24) is 4.31 Å². The number of amides is 1. The molecule has 0 atom stereocenters. The molecule has 34 heavy (non-hydrogen) atoms. The van der Waals surface area contributed by atoms with Gasteiger partial charge < -0.3 is 15.0 Å². The summed E-state index contributed by atoms with van der Waals surface area (Å²) in [5.74, 6) is -0.626. The molecule has 2 aromatic carbocycles. The molecule has 7 nitrogen and oxygen atoms in total. The van der Waals surface area contributed by atoms with E-state index >= 15 is 0 Å². The van der Waals surface area contributed by atoms with E-state index in [0.29, 0.717) is 37.5 Å². The molecular weight excluding hydrogens is 495 g/mol. The van der Waals surface area contributed by atoms with Crippen molar-refractivity contribution in [2.24, 2.45) is 0 Å². The van der Waals surface area contributed by atoms with Gasteiger partial charge in [-0.15, -0.1) is 0 Å². The monoisotopic (exact) mass is 519 g/mol. The molecule has 2 aromatic rings. The second-order valence-corrected chi connectivity index (χ2v) is 9.99. The van der Waals surface area contributed by atoms with Crippen molar-refractivity contribution in [2.75, 3.05) is 49.6 Å². The highest BCUT2D eigenvalue weighted by Gasteiger charge is 2.34. The molecular formula is C22H25ClF3N3O4S. The van der Waals surface area contributed by atoms with Gasteiger partial charge in [-0.3, -0.25) is 4.79 Å². The molecule has 12 heteroatoms. The van der Waals surface area contributed by atoms with Gasteiger partial charge in [-0.1, -0.05) is 18.5 Å². The van der Waals surface area contributed by atoms with Gasteiger partial charge in [0.1, 0.15) is 4.90 Å².